The van der Waals surface area contributed by atoms with Gasteiger partial charge in [0.05, 0.1) is 11.1 Å². The lowest BCUT2D eigenvalue weighted by Gasteiger charge is -2.17. The molecule has 0 unspecified atom stereocenters. The van der Waals surface area contributed by atoms with Crippen LogP contribution >= 0.6 is 0 Å². The van der Waals surface area contributed by atoms with Gasteiger partial charge in [-0.05, 0) is 13.0 Å². The van der Waals surface area contributed by atoms with Gasteiger partial charge in [0.15, 0.2) is 11.5 Å². The van der Waals surface area contributed by atoms with Crippen molar-refractivity contribution in [2.24, 2.45) is 0 Å². The second kappa shape index (κ2) is 4.77. The van der Waals surface area contributed by atoms with Crippen molar-refractivity contribution < 1.29 is 14.6 Å². The van der Waals surface area contributed by atoms with E-state index in [4.69, 9.17) is 9.78 Å². The molecule has 4 heteroatoms. The topological polar surface area (TPSA) is 51.3 Å². The Labute approximate surface area is 126 Å². The summed E-state index contributed by atoms with van der Waals surface area (Å²) in [6.07, 6.45) is 0. The molecule has 108 valence electrons. The van der Waals surface area contributed by atoms with Crippen molar-refractivity contribution in [3.05, 3.63) is 71.5 Å². The summed E-state index contributed by atoms with van der Waals surface area (Å²) in [5.74, 6) is 0.851. The molecule has 0 saturated heterocycles. The van der Waals surface area contributed by atoms with Gasteiger partial charge in [0, 0.05) is 16.5 Å². The average Bonchev–Trinajstić information content (AvgIpc) is 2.94. The van der Waals surface area contributed by atoms with E-state index < -0.39 is 0 Å². The molecule has 0 spiro atoms. The summed E-state index contributed by atoms with van der Waals surface area (Å²) in [4.78, 5) is 26.5. The smallest absolute Gasteiger partial charge is 0.257 e. The van der Waals surface area contributed by atoms with E-state index in [0.29, 0.717) is 22.8 Å². The van der Waals surface area contributed by atoms with E-state index in [-0.39, 0.29) is 5.78 Å². The number of rotatable bonds is 2. The maximum Gasteiger partial charge on any atom is 0.257 e. The highest BCUT2D eigenvalue weighted by Crippen LogP contribution is 2.40. The Morgan fingerprint density at radius 1 is 0.955 bits per heavy atom. The number of aromatic amines is 1. The van der Waals surface area contributed by atoms with Crippen molar-refractivity contribution in [1.29, 1.82) is 0 Å². The van der Waals surface area contributed by atoms with Crippen LogP contribution in [0.25, 0.3) is 16.5 Å². The van der Waals surface area contributed by atoms with Crippen molar-refractivity contribution in [1.82, 2.24) is 4.98 Å². The Morgan fingerprint density at radius 3 is 2.50 bits per heavy atom. The predicted octanol–water partition coefficient (Wildman–Crippen LogP) is 4.11. The number of hydrogen-bond acceptors (Lipinski definition) is 3. The largest absolute Gasteiger partial charge is 0.321 e. The monoisotopic (exact) mass is 291 g/mol. The molecule has 1 aliphatic heterocycles. The zero-order valence-corrected chi connectivity index (χ0v) is 11.9. The zero-order chi connectivity index (χ0) is 15.1. The van der Waals surface area contributed by atoms with Gasteiger partial charge < -0.3 is 4.98 Å². The molecule has 0 bridgehead atoms. The molecular weight excluding hydrogens is 278 g/mol. The Hall–Kier alpha value is -3.01. The molecule has 1 aromatic heterocycles. The Balaban J connectivity index is 1.95. The maximum absolute atomic E-state index is 12.9. The number of H-pyrrole nitrogens is 1. The van der Waals surface area contributed by atoms with Gasteiger partial charge >= 0.3 is 0 Å². The van der Waals surface area contributed by atoms with Crippen molar-refractivity contribution in [3.8, 4) is 5.88 Å². The van der Waals surface area contributed by atoms with Gasteiger partial charge in [0.25, 0.3) is 5.88 Å². The van der Waals surface area contributed by atoms with Crippen LogP contribution in [0.2, 0.25) is 0 Å². The number of carbonyl (C=O) groups excluding carboxylic acids is 1. The van der Waals surface area contributed by atoms with Gasteiger partial charge in [-0.25, -0.2) is 0 Å². The molecule has 2 heterocycles. The lowest BCUT2D eigenvalue weighted by atomic mass is 9.94. The highest BCUT2D eigenvalue weighted by atomic mass is 17.2. The first kappa shape index (κ1) is 12.7. The fourth-order valence-electron chi connectivity index (χ4n) is 2.76. The maximum atomic E-state index is 12.9. The number of aromatic nitrogens is 1. The third-order valence-electron chi connectivity index (χ3n) is 3.79. The molecule has 22 heavy (non-hydrogen) atoms. The number of nitrogens with one attached hydrogen (secondary N) is 1. The van der Waals surface area contributed by atoms with Crippen LogP contribution < -0.4 is 4.89 Å². The third kappa shape index (κ3) is 1.81. The molecule has 0 atom stereocenters. The molecule has 2 aromatic carbocycles. The third-order valence-corrected chi connectivity index (χ3v) is 3.79. The summed E-state index contributed by atoms with van der Waals surface area (Å²) in [6, 6.07) is 16.9. The lowest BCUT2D eigenvalue weighted by molar-refractivity contribution is -0.171. The first-order chi connectivity index (χ1) is 10.8. The fraction of sp³-hybridized carbons (Fsp3) is 0.0556. The molecule has 0 aliphatic carbocycles. The Bertz CT molecular complexity index is 906. The van der Waals surface area contributed by atoms with Crippen LogP contribution in [0.4, 0.5) is 0 Å². The Kier molecular flexibility index (Phi) is 2.76. The minimum absolute atomic E-state index is 0.0765. The number of allylic oxidation sites excluding steroid dienone is 2. The van der Waals surface area contributed by atoms with Crippen molar-refractivity contribution >= 4 is 22.3 Å². The molecule has 4 nitrogen and oxygen atoms in total. The first-order valence-corrected chi connectivity index (χ1v) is 7.02. The van der Waals surface area contributed by atoms with Gasteiger partial charge in [-0.2, -0.15) is 0 Å². The van der Waals surface area contributed by atoms with E-state index >= 15 is 0 Å². The fourth-order valence-corrected chi connectivity index (χ4v) is 2.76. The van der Waals surface area contributed by atoms with E-state index in [9.17, 15) is 4.79 Å². The van der Waals surface area contributed by atoms with Gasteiger partial charge in [0.2, 0.25) is 0 Å². The van der Waals surface area contributed by atoms with E-state index in [1.165, 1.54) is 0 Å². The number of Topliss-reactive ketones (excluding diaryl/α,β-unsaturated/α-hetero) is 1. The number of carbonyl (C=O) groups is 1. The van der Waals surface area contributed by atoms with Gasteiger partial charge in [0.1, 0.15) is 0 Å². The SMILES string of the molecule is CC1=C(C(=O)c2ccccc2)c2c([nH]c3ccccc23)OO1. The summed E-state index contributed by atoms with van der Waals surface area (Å²) < 4.78 is 0. The number of para-hydroxylation sites is 1. The van der Waals surface area contributed by atoms with E-state index in [0.717, 1.165) is 16.5 Å². The van der Waals surface area contributed by atoms with Crippen LogP contribution in [0.1, 0.15) is 22.8 Å². The molecule has 4 rings (SSSR count). The molecular formula is C18H13NO3. The summed E-state index contributed by atoms with van der Waals surface area (Å²) in [7, 11) is 0. The quantitative estimate of drug-likeness (QED) is 0.571. The van der Waals surface area contributed by atoms with Crippen molar-refractivity contribution in [3.63, 3.8) is 0 Å². The number of ketones is 1. The molecule has 3 aromatic rings. The van der Waals surface area contributed by atoms with Crippen LogP contribution in [0.5, 0.6) is 5.88 Å². The summed E-state index contributed by atoms with van der Waals surface area (Å²) in [5, 5.41) is 0.944. The van der Waals surface area contributed by atoms with E-state index in [1.807, 2.05) is 42.5 Å². The predicted molar refractivity (Wildman–Crippen MR) is 83.4 cm³/mol. The molecule has 0 saturated carbocycles. The van der Waals surface area contributed by atoms with Crippen LogP contribution in [-0.4, -0.2) is 10.8 Å². The van der Waals surface area contributed by atoms with Crippen molar-refractivity contribution in [2.45, 2.75) is 6.92 Å². The molecule has 1 aliphatic rings. The molecule has 0 radical (unpaired) electrons. The van der Waals surface area contributed by atoms with Crippen molar-refractivity contribution in [2.75, 3.05) is 0 Å². The number of hydrogen-bond donors (Lipinski definition) is 1. The number of fused-ring (bicyclic) bond motifs is 3. The van der Waals surface area contributed by atoms with E-state index in [1.54, 1.807) is 19.1 Å². The summed E-state index contributed by atoms with van der Waals surface area (Å²) in [6.45, 7) is 1.74. The lowest BCUT2D eigenvalue weighted by Crippen LogP contribution is -2.13. The van der Waals surface area contributed by atoms with Gasteiger partial charge in [-0.1, -0.05) is 48.5 Å². The number of benzene rings is 2. The van der Waals surface area contributed by atoms with Gasteiger partial charge in [-0.15, -0.1) is 0 Å². The minimum Gasteiger partial charge on any atom is -0.321 e. The second-order valence-corrected chi connectivity index (χ2v) is 5.17. The van der Waals surface area contributed by atoms with Crippen LogP contribution in [0, 0.1) is 0 Å². The average molecular weight is 291 g/mol. The zero-order valence-electron chi connectivity index (χ0n) is 11.9. The van der Waals surface area contributed by atoms with Crippen LogP contribution in [-0.2, 0) is 4.89 Å². The first-order valence-electron chi connectivity index (χ1n) is 7.02. The highest BCUT2D eigenvalue weighted by molar-refractivity contribution is 6.32. The highest BCUT2D eigenvalue weighted by Gasteiger charge is 2.30. The van der Waals surface area contributed by atoms with Crippen LogP contribution in [0.15, 0.2) is 60.4 Å². The van der Waals surface area contributed by atoms with E-state index in [2.05, 4.69) is 4.98 Å². The summed E-state index contributed by atoms with van der Waals surface area (Å²) in [5.41, 5.74) is 2.82. The minimum atomic E-state index is -0.0765. The second-order valence-electron chi connectivity index (χ2n) is 5.17. The normalized spacial score (nSPS) is 13.5. The van der Waals surface area contributed by atoms with Crippen LogP contribution in [0.3, 0.4) is 0 Å². The molecule has 1 N–H and O–H groups in total. The molecule has 0 fully saturated rings. The van der Waals surface area contributed by atoms with Gasteiger partial charge in [-0.3, -0.25) is 14.6 Å². The Morgan fingerprint density at radius 2 is 1.68 bits per heavy atom. The summed E-state index contributed by atoms with van der Waals surface area (Å²) >= 11 is 0. The molecule has 0 amide bonds. The standard InChI is InChI=1S/C18H13NO3/c1-11-15(17(20)12-7-3-2-4-8-12)16-13-9-5-6-10-14(13)19-18(16)22-21-11/h2-10,19H,1H3.